The van der Waals surface area contributed by atoms with Crippen LogP contribution in [0.5, 0.6) is 5.75 Å². The van der Waals surface area contributed by atoms with Gasteiger partial charge >= 0.3 is 11.4 Å². The van der Waals surface area contributed by atoms with Crippen molar-refractivity contribution in [2.75, 3.05) is 49.2 Å². The van der Waals surface area contributed by atoms with Crippen LogP contribution in [0, 0.1) is 0 Å². The Morgan fingerprint density at radius 1 is 0.827 bits per heavy atom. The molecule has 13 nitrogen and oxygen atoms in total. The highest BCUT2D eigenvalue weighted by Crippen LogP contribution is 2.40. The van der Waals surface area contributed by atoms with E-state index in [9.17, 15) is 9.59 Å². The van der Waals surface area contributed by atoms with Crippen LogP contribution in [0.4, 0.5) is 11.4 Å². The van der Waals surface area contributed by atoms with Crippen molar-refractivity contribution < 1.29 is 14.2 Å². The predicted molar refractivity (Wildman–Crippen MR) is 200 cm³/mol. The SMILES string of the molecule is CCCn1c(=O)n(-c2ccc(N3CCN(c4ccc(OC[C@@H]5CO[C@@](Cn6cncn6)(c6ccc(Cl)cc6Cl)O5)cc4)CC3)cc2)c(=O)n1CCC. The Kier molecular flexibility index (Phi) is 10.7. The van der Waals surface area contributed by atoms with Crippen LogP contribution in [0.3, 0.4) is 0 Å². The van der Waals surface area contributed by atoms with E-state index in [4.69, 9.17) is 37.4 Å². The topological polar surface area (TPSA) is 114 Å². The van der Waals surface area contributed by atoms with E-state index in [0.29, 0.717) is 41.0 Å². The summed E-state index contributed by atoms with van der Waals surface area (Å²) in [5.74, 6) is -0.439. The van der Waals surface area contributed by atoms with Crippen molar-refractivity contribution in [1.82, 2.24) is 28.7 Å². The van der Waals surface area contributed by atoms with Gasteiger partial charge in [0, 0.05) is 61.2 Å². The molecule has 52 heavy (non-hydrogen) atoms. The molecule has 0 amide bonds. The molecule has 0 radical (unpaired) electrons. The Morgan fingerprint density at radius 3 is 1.98 bits per heavy atom. The quantitative estimate of drug-likeness (QED) is 0.161. The summed E-state index contributed by atoms with van der Waals surface area (Å²) in [5, 5.41) is 5.19. The first-order valence-electron chi connectivity index (χ1n) is 17.6. The Bertz CT molecular complexity index is 2040. The van der Waals surface area contributed by atoms with Gasteiger partial charge in [-0.2, -0.15) is 5.10 Å². The van der Waals surface area contributed by atoms with Crippen LogP contribution < -0.4 is 25.9 Å². The predicted octanol–water partition coefficient (Wildman–Crippen LogP) is 5.19. The average Bonchev–Trinajstić information content (AvgIpc) is 3.88. The van der Waals surface area contributed by atoms with E-state index in [0.717, 1.165) is 56.1 Å². The molecule has 0 spiro atoms. The number of halogens is 2. The molecule has 0 N–H and O–H groups in total. The first-order valence-corrected chi connectivity index (χ1v) is 18.4. The van der Waals surface area contributed by atoms with Crippen molar-refractivity contribution in [2.24, 2.45) is 0 Å². The number of rotatable bonds is 13. The van der Waals surface area contributed by atoms with Gasteiger partial charge in [-0.25, -0.2) is 33.2 Å². The van der Waals surface area contributed by atoms with Crippen molar-refractivity contribution in [3.63, 3.8) is 0 Å². The molecule has 0 bridgehead atoms. The molecule has 7 rings (SSSR count). The van der Waals surface area contributed by atoms with Crippen molar-refractivity contribution in [1.29, 1.82) is 0 Å². The van der Waals surface area contributed by atoms with Gasteiger partial charge in [-0.15, -0.1) is 0 Å². The number of ether oxygens (including phenoxy) is 3. The molecule has 15 heteroatoms. The first-order chi connectivity index (χ1) is 25.3. The monoisotopic (exact) mass is 748 g/mol. The maximum Gasteiger partial charge on any atom is 0.351 e. The maximum atomic E-state index is 13.1. The van der Waals surface area contributed by atoms with Crippen LogP contribution in [-0.4, -0.2) is 74.2 Å². The summed E-state index contributed by atoms with van der Waals surface area (Å²) >= 11 is 12.7. The van der Waals surface area contributed by atoms with Gasteiger partial charge in [0.15, 0.2) is 0 Å². The van der Waals surface area contributed by atoms with Crippen LogP contribution in [0.1, 0.15) is 32.3 Å². The highest BCUT2D eigenvalue weighted by atomic mass is 35.5. The lowest BCUT2D eigenvalue weighted by atomic mass is 10.1. The van der Waals surface area contributed by atoms with Gasteiger partial charge < -0.3 is 24.0 Å². The molecule has 0 unspecified atom stereocenters. The number of anilines is 2. The number of hydrogen-bond acceptors (Lipinski definition) is 9. The molecule has 2 aliphatic rings. The minimum Gasteiger partial charge on any atom is -0.491 e. The minimum absolute atomic E-state index is 0.259. The van der Waals surface area contributed by atoms with E-state index in [1.807, 2.05) is 56.3 Å². The smallest absolute Gasteiger partial charge is 0.351 e. The lowest BCUT2D eigenvalue weighted by Crippen LogP contribution is -2.46. The third-order valence-corrected chi connectivity index (χ3v) is 9.96. The van der Waals surface area contributed by atoms with Gasteiger partial charge in [0.1, 0.15) is 37.7 Å². The van der Waals surface area contributed by atoms with E-state index < -0.39 is 5.79 Å². The molecule has 274 valence electrons. The zero-order chi connectivity index (χ0) is 36.2. The van der Waals surface area contributed by atoms with Crippen LogP contribution in [0.2, 0.25) is 10.0 Å². The maximum absolute atomic E-state index is 13.1. The fraction of sp³-hybridized carbons (Fsp3) is 0.405. The molecule has 0 saturated carbocycles. The second-order valence-corrected chi connectivity index (χ2v) is 13.8. The lowest BCUT2D eigenvalue weighted by molar-refractivity contribution is -0.190. The van der Waals surface area contributed by atoms with Gasteiger partial charge in [0.2, 0.25) is 5.79 Å². The summed E-state index contributed by atoms with van der Waals surface area (Å²) in [6, 6.07) is 21.0. The van der Waals surface area contributed by atoms with E-state index in [1.54, 1.807) is 32.5 Å². The highest BCUT2D eigenvalue weighted by Gasteiger charge is 2.45. The Morgan fingerprint density at radius 2 is 1.42 bits per heavy atom. The van der Waals surface area contributed by atoms with Crippen molar-refractivity contribution >= 4 is 34.6 Å². The summed E-state index contributed by atoms with van der Waals surface area (Å²) in [6.45, 7) is 9.24. The zero-order valence-corrected chi connectivity index (χ0v) is 30.7. The van der Waals surface area contributed by atoms with Crippen molar-refractivity contribution in [3.8, 4) is 11.4 Å². The van der Waals surface area contributed by atoms with Crippen LogP contribution in [0.15, 0.2) is 89.0 Å². The lowest BCUT2D eigenvalue weighted by Gasteiger charge is -2.37. The zero-order valence-electron chi connectivity index (χ0n) is 29.2. The van der Waals surface area contributed by atoms with Crippen molar-refractivity contribution in [3.05, 3.63) is 116 Å². The van der Waals surface area contributed by atoms with E-state index in [2.05, 4.69) is 32.0 Å². The number of aromatic nitrogens is 6. The Hall–Kier alpha value is -4.56. The summed E-state index contributed by atoms with van der Waals surface area (Å²) in [4.78, 5) is 35.0. The second-order valence-electron chi connectivity index (χ2n) is 13.0. The fourth-order valence-corrected chi connectivity index (χ4v) is 7.41. The van der Waals surface area contributed by atoms with Gasteiger partial charge in [-0.05, 0) is 73.5 Å². The standard InChI is InChI=1S/C37H42Cl2N8O5/c1-3-15-45-35(48)47(36(49)46(45)16-4-2)30-8-6-28(7-9-30)42-17-19-43(20-18-42)29-10-12-31(13-11-29)50-22-32-23-51-37(52-32,24-44-26-40-25-41-44)33-14-5-27(38)21-34(33)39/h5-14,21,25-26,32H,3-4,15-20,22-24H2,1-2H3/t32-,37-/m1/s1. The van der Waals surface area contributed by atoms with Crippen molar-refractivity contribution in [2.45, 2.75) is 58.2 Å². The normalized spacial score (nSPS) is 19.0. The summed E-state index contributed by atoms with van der Waals surface area (Å²) in [5.41, 5.74) is 2.84. The van der Waals surface area contributed by atoms with Crippen LogP contribution >= 0.6 is 23.2 Å². The number of benzene rings is 3. The number of piperazine rings is 1. The Labute approximate surface area is 311 Å². The molecular formula is C37H42Cl2N8O5. The third-order valence-electron chi connectivity index (χ3n) is 9.41. The van der Waals surface area contributed by atoms with E-state index in [-0.39, 0.29) is 30.6 Å². The van der Waals surface area contributed by atoms with Gasteiger partial charge in [0.25, 0.3) is 0 Å². The molecule has 2 aliphatic heterocycles. The van der Waals surface area contributed by atoms with E-state index in [1.165, 1.54) is 10.9 Å². The highest BCUT2D eigenvalue weighted by molar-refractivity contribution is 6.35. The molecule has 2 aromatic heterocycles. The molecule has 0 aliphatic carbocycles. The molecule has 2 atom stereocenters. The van der Waals surface area contributed by atoms with Gasteiger partial charge in [-0.3, -0.25) is 0 Å². The largest absolute Gasteiger partial charge is 0.491 e. The van der Waals surface area contributed by atoms with Crippen LogP contribution in [0.25, 0.3) is 5.69 Å². The summed E-state index contributed by atoms with van der Waals surface area (Å²) in [7, 11) is 0. The number of hydrogen-bond donors (Lipinski definition) is 0. The van der Waals surface area contributed by atoms with Gasteiger partial charge in [-0.1, -0.05) is 43.1 Å². The average molecular weight is 750 g/mol. The molecule has 3 aromatic carbocycles. The minimum atomic E-state index is -1.17. The second kappa shape index (κ2) is 15.6. The summed E-state index contributed by atoms with van der Waals surface area (Å²) < 4.78 is 24.9. The molecule has 4 heterocycles. The molecule has 2 saturated heterocycles. The Balaban J connectivity index is 0.938. The molecular weight excluding hydrogens is 707 g/mol. The molecule has 2 fully saturated rings. The first kappa shape index (κ1) is 35.8. The fourth-order valence-electron chi connectivity index (χ4n) is 6.86. The third kappa shape index (κ3) is 7.36. The van der Waals surface area contributed by atoms with Crippen LogP contribution in [-0.2, 0) is 34.9 Å². The summed E-state index contributed by atoms with van der Waals surface area (Å²) in [6.07, 6.45) is 4.27. The van der Waals surface area contributed by atoms with E-state index >= 15 is 0 Å². The van der Waals surface area contributed by atoms with Gasteiger partial charge in [0.05, 0.1) is 17.3 Å². The number of nitrogens with zero attached hydrogens (tertiary/aromatic N) is 8. The molecule has 5 aromatic rings.